The summed E-state index contributed by atoms with van der Waals surface area (Å²) in [4.78, 5) is 25.0. The first-order valence-electron chi connectivity index (χ1n) is 12.2. The van der Waals surface area contributed by atoms with E-state index in [1.54, 1.807) is 7.05 Å². The van der Waals surface area contributed by atoms with Crippen LogP contribution in [-0.2, 0) is 30.4 Å². The minimum absolute atomic E-state index is 0.0126. The van der Waals surface area contributed by atoms with Gasteiger partial charge in [0.15, 0.2) is 0 Å². The fourth-order valence-corrected chi connectivity index (χ4v) is 5.06. The molecule has 0 bridgehead atoms. The van der Waals surface area contributed by atoms with E-state index in [1.807, 2.05) is 49.4 Å². The maximum atomic E-state index is 12.5. The third kappa shape index (κ3) is 5.44. The lowest BCUT2D eigenvalue weighted by Gasteiger charge is -2.43. The predicted octanol–water partition coefficient (Wildman–Crippen LogP) is 4.31. The SMILES string of the molecule is CNC(=O)C1=C[C@H](O[C@H]2[C@H](C)[C@H](C)C(C(=O)OC)=C[C@@H]2OCc2ccccc2)[C@@H](C)[C@H](C)[C@@H]1C. The monoisotopic (exact) mass is 469 g/mol. The Morgan fingerprint density at radius 2 is 1.47 bits per heavy atom. The highest BCUT2D eigenvalue weighted by Gasteiger charge is 2.43. The first-order chi connectivity index (χ1) is 16.2. The van der Waals surface area contributed by atoms with Crippen LogP contribution in [0.25, 0.3) is 0 Å². The van der Waals surface area contributed by atoms with E-state index in [4.69, 9.17) is 14.2 Å². The van der Waals surface area contributed by atoms with Crippen molar-refractivity contribution in [2.24, 2.45) is 29.6 Å². The first-order valence-corrected chi connectivity index (χ1v) is 12.2. The second kappa shape index (κ2) is 11.3. The molecule has 0 saturated carbocycles. The fraction of sp³-hybridized carbons (Fsp3) is 0.571. The van der Waals surface area contributed by atoms with Crippen molar-refractivity contribution in [1.82, 2.24) is 5.32 Å². The number of nitrogens with one attached hydrogen (secondary N) is 1. The zero-order chi connectivity index (χ0) is 25.0. The minimum Gasteiger partial charge on any atom is -0.466 e. The molecule has 2 aliphatic rings. The maximum Gasteiger partial charge on any atom is 0.333 e. The number of rotatable bonds is 7. The van der Waals surface area contributed by atoms with Gasteiger partial charge in [-0.15, -0.1) is 0 Å². The number of amides is 1. The molecular formula is C28H39NO5. The van der Waals surface area contributed by atoms with E-state index < -0.39 is 6.10 Å². The molecule has 1 aromatic carbocycles. The van der Waals surface area contributed by atoms with Crippen LogP contribution >= 0.6 is 0 Å². The molecule has 6 heteroatoms. The Balaban J connectivity index is 1.92. The first kappa shape index (κ1) is 26.2. The average Bonchev–Trinajstić information content (AvgIpc) is 2.85. The third-order valence-electron chi connectivity index (χ3n) is 7.95. The fourth-order valence-electron chi connectivity index (χ4n) is 5.06. The Labute approximate surface area is 203 Å². The highest BCUT2D eigenvalue weighted by atomic mass is 16.5. The second-order valence-corrected chi connectivity index (χ2v) is 9.80. The van der Waals surface area contributed by atoms with Crippen molar-refractivity contribution in [3.05, 3.63) is 59.2 Å². The molecule has 0 spiro atoms. The van der Waals surface area contributed by atoms with E-state index in [9.17, 15) is 9.59 Å². The van der Waals surface area contributed by atoms with Crippen LogP contribution < -0.4 is 5.32 Å². The quantitative estimate of drug-likeness (QED) is 0.603. The number of hydrogen-bond acceptors (Lipinski definition) is 5. The molecule has 1 aromatic rings. The van der Waals surface area contributed by atoms with Crippen molar-refractivity contribution in [2.75, 3.05) is 14.2 Å². The van der Waals surface area contributed by atoms with E-state index in [2.05, 4.69) is 33.0 Å². The second-order valence-electron chi connectivity index (χ2n) is 9.80. The lowest BCUT2D eigenvalue weighted by atomic mass is 9.72. The maximum absolute atomic E-state index is 12.5. The van der Waals surface area contributed by atoms with Gasteiger partial charge in [0.2, 0.25) is 5.91 Å². The molecule has 0 fully saturated rings. The summed E-state index contributed by atoms with van der Waals surface area (Å²) in [5, 5.41) is 2.76. The van der Waals surface area contributed by atoms with Crippen molar-refractivity contribution in [3.63, 3.8) is 0 Å². The lowest BCUT2D eigenvalue weighted by molar-refractivity contribution is -0.143. The molecule has 1 N–H and O–H groups in total. The highest BCUT2D eigenvalue weighted by Crippen LogP contribution is 2.40. The van der Waals surface area contributed by atoms with Crippen LogP contribution in [0.3, 0.4) is 0 Å². The van der Waals surface area contributed by atoms with Crippen LogP contribution in [0, 0.1) is 29.6 Å². The highest BCUT2D eigenvalue weighted by molar-refractivity contribution is 5.94. The zero-order valence-corrected chi connectivity index (χ0v) is 21.4. The zero-order valence-electron chi connectivity index (χ0n) is 21.4. The molecule has 0 radical (unpaired) electrons. The molecule has 8 atom stereocenters. The van der Waals surface area contributed by atoms with Crippen LogP contribution in [0.2, 0.25) is 0 Å². The van der Waals surface area contributed by atoms with Crippen molar-refractivity contribution in [2.45, 2.75) is 59.5 Å². The molecule has 0 saturated heterocycles. The molecule has 186 valence electrons. The molecule has 0 aliphatic heterocycles. The van der Waals surface area contributed by atoms with E-state index in [0.29, 0.717) is 12.2 Å². The van der Waals surface area contributed by atoms with Gasteiger partial charge in [-0.05, 0) is 47.3 Å². The van der Waals surface area contributed by atoms with Crippen LogP contribution in [0.5, 0.6) is 0 Å². The van der Waals surface area contributed by atoms with Gasteiger partial charge >= 0.3 is 5.97 Å². The summed E-state index contributed by atoms with van der Waals surface area (Å²) in [7, 11) is 3.06. The van der Waals surface area contributed by atoms with Gasteiger partial charge in [0, 0.05) is 18.2 Å². The predicted molar refractivity (Wildman–Crippen MR) is 132 cm³/mol. The van der Waals surface area contributed by atoms with Gasteiger partial charge in [-0.3, -0.25) is 4.79 Å². The van der Waals surface area contributed by atoms with Crippen molar-refractivity contribution in [1.29, 1.82) is 0 Å². The van der Waals surface area contributed by atoms with Gasteiger partial charge in [-0.1, -0.05) is 65.0 Å². The summed E-state index contributed by atoms with van der Waals surface area (Å²) in [5.74, 6) is 0.227. The Hall–Kier alpha value is -2.44. The Kier molecular flexibility index (Phi) is 8.72. The Bertz CT molecular complexity index is 924. The number of ether oxygens (including phenoxy) is 3. The molecule has 2 aliphatic carbocycles. The smallest absolute Gasteiger partial charge is 0.333 e. The van der Waals surface area contributed by atoms with Gasteiger partial charge in [-0.25, -0.2) is 4.79 Å². The number of likely N-dealkylation sites (N-methyl/N-ethyl adjacent to an activating group) is 1. The van der Waals surface area contributed by atoms with Crippen LogP contribution in [0.1, 0.15) is 40.2 Å². The Morgan fingerprint density at radius 3 is 2.09 bits per heavy atom. The normalized spacial score (nSPS) is 33.5. The van der Waals surface area contributed by atoms with Crippen LogP contribution in [0.15, 0.2) is 53.6 Å². The number of esters is 1. The molecule has 0 unspecified atom stereocenters. The average molecular weight is 470 g/mol. The van der Waals surface area contributed by atoms with Crippen LogP contribution in [0.4, 0.5) is 0 Å². The molecule has 6 nitrogen and oxygen atoms in total. The van der Waals surface area contributed by atoms with Gasteiger partial charge in [0.1, 0.15) is 6.10 Å². The summed E-state index contributed by atoms with van der Waals surface area (Å²) in [5.41, 5.74) is 2.44. The Morgan fingerprint density at radius 1 is 0.853 bits per heavy atom. The van der Waals surface area contributed by atoms with Crippen molar-refractivity contribution >= 4 is 11.9 Å². The number of methoxy groups -OCH3 is 1. The lowest BCUT2D eigenvalue weighted by Crippen LogP contribution is -2.48. The molecule has 0 heterocycles. The number of carbonyl (C=O) groups is 2. The summed E-state index contributed by atoms with van der Waals surface area (Å²) in [6, 6.07) is 9.95. The third-order valence-corrected chi connectivity index (χ3v) is 7.95. The van der Waals surface area contributed by atoms with Gasteiger partial charge in [0.25, 0.3) is 0 Å². The van der Waals surface area contributed by atoms with Gasteiger partial charge < -0.3 is 19.5 Å². The topological polar surface area (TPSA) is 73.9 Å². The van der Waals surface area contributed by atoms with Gasteiger partial charge in [-0.2, -0.15) is 0 Å². The number of carbonyl (C=O) groups excluding carboxylic acids is 2. The molecular weight excluding hydrogens is 430 g/mol. The minimum atomic E-state index is -0.417. The summed E-state index contributed by atoms with van der Waals surface area (Å²) >= 11 is 0. The van der Waals surface area contributed by atoms with E-state index >= 15 is 0 Å². The molecule has 34 heavy (non-hydrogen) atoms. The summed E-state index contributed by atoms with van der Waals surface area (Å²) in [6.45, 7) is 11.0. The van der Waals surface area contributed by atoms with E-state index in [1.165, 1.54) is 7.11 Å². The largest absolute Gasteiger partial charge is 0.466 e. The number of benzene rings is 1. The molecule has 1 amide bonds. The van der Waals surface area contributed by atoms with Crippen molar-refractivity contribution < 1.29 is 23.8 Å². The molecule has 0 aromatic heterocycles. The van der Waals surface area contributed by atoms with Crippen molar-refractivity contribution in [3.8, 4) is 0 Å². The number of hydrogen-bond donors (Lipinski definition) is 1. The van der Waals surface area contributed by atoms with Gasteiger partial charge in [0.05, 0.1) is 25.9 Å². The van der Waals surface area contributed by atoms with Crippen LogP contribution in [-0.4, -0.2) is 44.3 Å². The standard InChI is InChI=1S/C28H39NO5/c1-16-17(2)22(27(30)29-6)13-24(19(16)4)34-26-20(5)18(3)23(28(31)32-7)14-25(26)33-15-21-11-9-8-10-12-21/h8-14,16-20,24-26H,15H2,1-7H3,(H,29,30)/t16-,17+,18+,19+,20-,24+,25+,26+/m1/s1. The summed E-state index contributed by atoms with van der Waals surface area (Å²) < 4.78 is 18.1. The summed E-state index contributed by atoms with van der Waals surface area (Å²) in [6.07, 6.45) is 2.93. The van der Waals surface area contributed by atoms with E-state index in [0.717, 1.165) is 11.1 Å². The molecule has 3 rings (SSSR count). The van der Waals surface area contributed by atoms with E-state index in [-0.39, 0.29) is 53.7 Å².